The average molecular weight is 416 g/mol. The summed E-state index contributed by atoms with van der Waals surface area (Å²) >= 11 is 6.36. The van der Waals surface area contributed by atoms with Gasteiger partial charge in [0.15, 0.2) is 0 Å². The number of nitrogens with one attached hydrogen (secondary N) is 1. The number of hydrogen-bond acceptors (Lipinski definition) is 6. The highest BCUT2D eigenvalue weighted by Crippen LogP contribution is 2.39. The molecule has 0 amide bonds. The van der Waals surface area contributed by atoms with E-state index < -0.39 is 0 Å². The van der Waals surface area contributed by atoms with E-state index in [1.807, 2.05) is 16.7 Å². The SMILES string of the molecule is COc1cc(OC)c(-c2cn3cc(NCCN)c(N4CCCC4)cc3n2)cc1Cl. The van der Waals surface area contributed by atoms with E-state index in [-0.39, 0.29) is 0 Å². The van der Waals surface area contributed by atoms with Crippen molar-refractivity contribution in [3.8, 4) is 22.8 Å². The van der Waals surface area contributed by atoms with E-state index in [4.69, 9.17) is 31.8 Å². The molecule has 0 radical (unpaired) electrons. The summed E-state index contributed by atoms with van der Waals surface area (Å²) in [6.07, 6.45) is 6.48. The number of nitrogens with zero attached hydrogens (tertiary/aromatic N) is 3. The van der Waals surface area contributed by atoms with Crippen molar-refractivity contribution in [1.82, 2.24) is 9.38 Å². The Bertz CT molecular complexity index is 1010. The topological polar surface area (TPSA) is 77.0 Å². The molecule has 4 rings (SSSR count). The zero-order valence-electron chi connectivity index (χ0n) is 16.7. The number of anilines is 2. The minimum Gasteiger partial charge on any atom is -0.496 e. The Balaban J connectivity index is 1.81. The molecular weight excluding hydrogens is 390 g/mol. The highest BCUT2D eigenvalue weighted by atomic mass is 35.5. The van der Waals surface area contributed by atoms with Crippen molar-refractivity contribution in [1.29, 1.82) is 0 Å². The summed E-state index contributed by atoms with van der Waals surface area (Å²) in [7, 11) is 3.21. The van der Waals surface area contributed by atoms with Crippen LogP contribution >= 0.6 is 11.6 Å². The minimum atomic E-state index is 0.517. The minimum absolute atomic E-state index is 0.517. The monoisotopic (exact) mass is 415 g/mol. The van der Waals surface area contributed by atoms with Gasteiger partial charge in [0.1, 0.15) is 17.1 Å². The van der Waals surface area contributed by atoms with Crippen molar-refractivity contribution in [2.45, 2.75) is 12.8 Å². The molecule has 1 aromatic carbocycles. The Morgan fingerprint density at radius 3 is 2.55 bits per heavy atom. The number of halogens is 1. The van der Waals surface area contributed by atoms with Crippen molar-refractivity contribution in [3.05, 3.63) is 35.6 Å². The molecule has 3 heterocycles. The van der Waals surface area contributed by atoms with Crippen molar-refractivity contribution in [2.75, 3.05) is 50.6 Å². The fourth-order valence-corrected chi connectivity index (χ4v) is 4.02. The molecular formula is C21H26ClN5O2. The van der Waals surface area contributed by atoms with Gasteiger partial charge >= 0.3 is 0 Å². The molecule has 0 aliphatic carbocycles. The Morgan fingerprint density at radius 2 is 1.86 bits per heavy atom. The van der Waals surface area contributed by atoms with E-state index in [0.29, 0.717) is 23.1 Å². The van der Waals surface area contributed by atoms with E-state index in [1.165, 1.54) is 18.5 Å². The third kappa shape index (κ3) is 3.80. The molecule has 1 saturated heterocycles. The molecule has 3 aromatic rings. The quantitative estimate of drug-likeness (QED) is 0.613. The molecule has 1 aliphatic heterocycles. The van der Waals surface area contributed by atoms with Crippen LogP contribution in [0.25, 0.3) is 16.9 Å². The van der Waals surface area contributed by atoms with Crippen molar-refractivity contribution in [2.24, 2.45) is 5.73 Å². The molecule has 3 N–H and O–H groups in total. The number of nitrogens with two attached hydrogens (primary N) is 1. The lowest BCUT2D eigenvalue weighted by Gasteiger charge is -2.22. The molecule has 0 atom stereocenters. The summed E-state index contributed by atoms with van der Waals surface area (Å²) in [6, 6.07) is 5.74. The first-order valence-electron chi connectivity index (χ1n) is 9.78. The molecule has 0 saturated carbocycles. The molecule has 1 fully saturated rings. The van der Waals surface area contributed by atoms with E-state index in [2.05, 4.69) is 22.5 Å². The Morgan fingerprint density at radius 1 is 1.10 bits per heavy atom. The summed E-state index contributed by atoms with van der Waals surface area (Å²) in [5, 5.41) is 3.97. The molecule has 154 valence electrons. The first-order chi connectivity index (χ1) is 14.1. The first-order valence-corrected chi connectivity index (χ1v) is 10.2. The van der Waals surface area contributed by atoms with Crippen molar-refractivity contribution in [3.63, 3.8) is 0 Å². The van der Waals surface area contributed by atoms with Crippen LogP contribution in [0.15, 0.2) is 30.6 Å². The Labute approximate surface area is 175 Å². The Kier molecular flexibility index (Phi) is 5.69. The number of rotatable bonds is 7. The molecule has 0 bridgehead atoms. The summed E-state index contributed by atoms with van der Waals surface area (Å²) in [5.41, 5.74) is 10.4. The van der Waals surface area contributed by atoms with Crippen LogP contribution in [-0.4, -0.2) is 49.8 Å². The van der Waals surface area contributed by atoms with Gasteiger partial charge in [-0.3, -0.25) is 0 Å². The highest BCUT2D eigenvalue weighted by Gasteiger charge is 2.19. The van der Waals surface area contributed by atoms with Gasteiger partial charge in [-0.25, -0.2) is 4.98 Å². The van der Waals surface area contributed by atoms with Crippen LogP contribution in [0, 0.1) is 0 Å². The zero-order valence-corrected chi connectivity index (χ0v) is 17.5. The van der Waals surface area contributed by atoms with Gasteiger partial charge in [0.2, 0.25) is 0 Å². The molecule has 7 nitrogen and oxygen atoms in total. The number of benzene rings is 1. The van der Waals surface area contributed by atoms with Gasteiger partial charge < -0.3 is 29.8 Å². The molecule has 0 spiro atoms. The second-order valence-electron chi connectivity index (χ2n) is 7.06. The maximum atomic E-state index is 6.36. The molecule has 29 heavy (non-hydrogen) atoms. The standard InChI is InChI=1S/C21H26ClN5O2/c1-28-19-11-20(29-2)15(22)9-14(19)16-12-27-13-17(24-6-5-23)18(10-21(27)25-16)26-7-3-4-8-26/h9-13,24H,3-8,23H2,1-2H3. The molecule has 1 aliphatic rings. The third-order valence-corrected chi connectivity index (χ3v) is 5.52. The lowest BCUT2D eigenvalue weighted by Crippen LogP contribution is -2.21. The number of ether oxygens (including phenoxy) is 2. The van der Waals surface area contributed by atoms with Gasteiger partial charge in [0, 0.05) is 56.3 Å². The first kappa shape index (κ1) is 19.7. The summed E-state index contributed by atoms with van der Waals surface area (Å²) in [4.78, 5) is 7.25. The second-order valence-corrected chi connectivity index (χ2v) is 7.47. The number of imidazole rings is 1. The third-order valence-electron chi connectivity index (χ3n) is 5.23. The smallest absolute Gasteiger partial charge is 0.141 e. The van der Waals surface area contributed by atoms with Gasteiger partial charge in [-0.15, -0.1) is 0 Å². The lowest BCUT2D eigenvalue weighted by molar-refractivity contribution is 0.395. The molecule has 8 heteroatoms. The maximum Gasteiger partial charge on any atom is 0.141 e. The fraction of sp³-hybridized carbons (Fsp3) is 0.381. The largest absolute Gasteiger partial charge is 0.496 e. The molecule has 2 aromatic heterocycles. The van der Waals surface area contributed by atoms with Crippen LogP contribution in [0.3, 0.4) is 0 Å². The second kappa shape index (κ2) is 8.39. The van der Waals surface area contributed by atoms with E-state index in [9.17, 15) is 0 Å². The van der Waals surface area contributed by atoms with Crippen LogP contribution in [0.4, 0.5) is 11.4 Å². The number of hydrogen-bond donors (Lipinski definition) is 2. The average Bonchev–Trinajstić information content (AvgIpc) is 3.40. The van der Waals surface area contributed by atoms with E-state index in [1.54, 1.807) is 20.3 Å². The number of pyridine rings is 1. The van der Waals surface area contributed by atoms with Crippen LogP contribution in [0.5, 0.6) is 11.5 Å². The lowest BCUT2D eigenvalue weighted by atomic mass is 10.1. The van der Waals surface area contributed by atoms with Crippen molar-refractivity contribution < 1.29 is 9.47 Å². The summed E-state index contributed by atoms with van der Waals surface area (Å²) < 4.78 is 12.9. The summed E-state index contributed by atoms with van der Waals surface area (Å²) in [5.74, 6) is 1.23. The van der Waals surface area contributed by atoms with Crippen LogP contribution in [0.1, 0.15) is 12.8 Å². The number of methoxy groups -OCH3 is 2. The van der Waals surface area contributed by atoms with Crippen LogP contribution in [0.2, 0.25) is 5.02 Å². The number of fused-ring (bicyclic) bond motifs is 1. The van der Waals surface area contributed by atoms with Gasteiger partial charge in [0.25, 0.3) is 0 Å². The Hall–Kier alpha value is -2.64. The van der Waals surface area contributed by atoms with Gasteiger partial charge in [0.05, 0.1) is 36.3 Å². The van der Waals surface area contributed by atoms with E-state index >= 15 is 0 Å². The predicted octanol–water partition coefficient (Wildman–Crippen LogP) is 3.64. The highest BCUT2D eigenvalue weighted by molar-refractivity contribution is 6.32. The van der Waals surface area contributed by atoms with Gasteiger partial charge in [-0.2, -0.15) is 0 Å². The van der Waals surface area contributed by atoms with Crippen LogP contribution in [-0.2, 0) is 0 Å². The summed E-state index contributed by atoms with van der Waals surface area (Å²) in [6.45, 7) is 3.41. The van der Waals surface area contributed by atoms with Gasteiger partial charge in [-0.1, -0.05) is 11.6 Å². The molecule has 0 unspecified atom stereocenters. The zero-order chi connectivity index (χ0) is 20.4. The van der Waals surface area contributed by atoms with E-state index in [0.717, 1.165) is 42.2 Å². The van der Waals surface area contributed by atoms with Crippen LogP contribution < -0.4 is 25.4 Å². The van der Waals surface area contributed by atoms with Crippen molar-refractivity contribution >= 4 is 28.6 Å². The maximum absolute atomic E-state index is 6.36. The normalized spacial score (nSPS) is 13.9. The van der Waals surface area contributed by atoms with Gasteiger partial charge in [-0.05, 0) is 18.9 Å². The number of aromatic nitrogens is 2. The fourth-order valence-electron chi connectivity index (χ4n) is 3.78. The predicted molar refractivity (Wildman–Crippen MR) is 118 cm³/mol.